The summed E-state index contributed by atoms with van der Waals surface area (Å²) in [6, 6.07) is 3.71. The zero-order valence-electron chi connectivity index (χ0n) is 12.4. The van der Waals surface area contributed by atoms with E-state index in [0.717, 1.165) is 12.1 Å². The molecule has 1 aliphatic heterocycles. The number of hydrogen-bond donors (Lipinski definition) is 1. The average Bonchev–Trinajstić information content (AvgIpc) is 2.85. The highest BCUT2D eigenvalue weighted by Gasteiger charge is 2.36. The first-order chi connectivity index (χ1) is 10.4. The number of likely N-dealkylation sites (tertiary alicyclic amines) is 1. The number of amides is 1. The molecule has 2 atom stereocenters. The maximum absolute atomic E-state index is 13.1. The summed E-state index contributed by atoms with van der Waals surface area (Å²) in [4.78, 5) is 24.7. The highest BCUT2D eigenvalue weighted by molar-refractivity contribution is 5.79. The number of aliphatic carboxylic acids is 1. The van der Waals surface area contributed by atoms with Gasteiger partial charge in [0.25, 0.3) is 0 Å². The molecule has 0 aromatic heterocycles. The Morgan fingerprint density at radius 1 is 1.27 bits per heavy atom. The van der Waals surface area contributed by atoms with Gasteiger partial charge in [-0.3, -0.25) is 9.59 Å². The predicted octanol–water partition coefficient (Wildman–Crippen LogP) is 2.47. The van der Waals surface area contributed by atoms with Crippen molar-refractivity contribution < 1.29 is 23.5 Å². The van der Waals surface area contributed by atoms with Crippen molar-refractivity contribution >= 4 is 11.9 Å². The number of carbonyl (C=O) groups is 2. The number of aryl methyl sites for hydroxylation is 1. The summed E-state index contributed by atoms with van der Waals surface area (Å²) in [5.41, 5.74) is 0.643. The number of carboxylic acid groups (broad SMARTS) is 1. The van der Waals surface area contributed by atoms with E-state index in [1.807, 2.05) is 6.92 Å². The SMILES string of the molecule is C[C@@H]1CN(C(=O)CCCc2ccc(F)c(F)c2)C[C@H]1C(=O)O. The third-order valence-corrected chi connectivity index (χ3v) is 4.12. The summed E-state index contributed by atoms with van der Waals surface area (Å²) in [5.74, 6) is -3.28. The summed E-state index contributed by atoms with van der Waals surface area (Å²) in [6.07, 6.45) is 1.28. The smallest absolute Gasteiger partial charge is 0.308 e. The molecule has 2 rings (SSSR count). The van der Waals surface area contributed by atoms with E-state index in [4.69, 9.17) is 5.11 Å². The molecule has 0 spiro atoms. The van der Waals surface area contributed by atoms with Crippen LogP contribution in [0.1, 0.15) is 25.3 Å². The Morgan fingerprint density at radius 3 is 2.59 bits per heavy atom. The fourth-order valence-corrected chi connectivity index (χ4v) is 2.79. The van der Waals surface area contributed by atoms with E-state index in [0.29, 0.717) is 24.9 Å². The van der Waals surface area contributed by atoms with Gasteiger partial charge in [-0.15, -0.1) is 0 Å². The van der Waals surface area contributed by atoms with Crippen LogP contribution in [-0.4, -0.2) is 35.0 Å². The predicted molar refractivity (Wildman–Crippen MR) is 76.2 cm³/mol. The van der Waals surface area contributed by atoms with Crippen molar-refractivity contribution in [2.24, 2.45) is 11.8 Å². The standard InChI is InChI=1S/C16H19F2NO3/c1-10-8-19(9-12(10)16(21)22)15(20)4-2-3-11-5-6-13(17)14(18)7-11/h5-7,10,12H,2-4,8-9H2,1H3,(H,21,22)/t10-,12-/m1/s1. The van der Waals surface area contributed by atoms with Crippen LogP contribution in [0.2, 0.25) is 0 Å². The largest absolute Gasteiger partial charge is 0.481 e. The van der Waals surface area contributed by atoms with Crippen LogP contribution in [0.3, 0.4) is 0 Å². The topological polar surface area (TPSA) is 57.6 Å². The van der Waals surface area contributed by atoms with Crippen LogP contribution in [0.5, 0.6) is 0 Å². The Hall–Kier alpha value is -1.98. The van der Waals surface area contributed by atoms with Gasteiger partial charge >= 0.3 is 5.97 Å². The fourth-order valence-electron chi connectivity index (χ4n) is 2.79. The molecule has 0 unspecified atom stereocenters. The summed E-state index contributed by atoms with van der Waals surface area (Å²) in [6.45, 7) is 2.54. The summed E-state index contributed by atoms with van der Waals surface area (Å²) in [7, 11) is 0. The van der Waals surface area contributed by atoms with Gasteiger partial charge in [0.15, 0.2) is 11.6 Å². The Labute approximate surface area is 127 Å². The lowest BCUT2D eigenvalue weighted by molar-refractivity contribution is -0.142. The number of benzene rings is 1. The van der Waals surface area contributed by atoms with Crippen molar-refractivity contribution in [1.82, 2.24) is 4.90 Å². The molecule has 1 saturated heterocycles. The van der Waals surface area contributed by atoms with Crippen molar-refractivity contribution in [2.45, 2.75) is 26.2 Å². The average molecular weight is 311 g/mol. The first-order valence-corrected chi connectivity index (χ1v) is 7.33. The maximum atomic E-state index is 13.1. The maximum Gasteiger partial charge on any atom is 0.308 e. The summed E-state index contributed by atoms with van der Waals surface area (Å²) < 4.78 is 25.9. The summed E-state index contributed by atoms with van der Waals surface area (Å²) in [5, 5.41) is 9.05. The number of hydrogen-bond acceptors (Lipinski definition) is 2. The molecule has 0 bridgehead atoms. The molecular weight excluding hydrogens is 292 g/mol. The molecule has 22 heavy (non-hydrogen) atoms. The minimum Gasteiger partial charge on any atom is -0.481 e. The quantitative estimate of drug-likeness (QED) is 0.909. The van der Waals surface area contributed by atoms with Gasteiger partial charge in [-0.05, 0) is 36.5 Å². The van der Waals surface area contributed by atoms with Gasteiger partial charge in [0.1, 0.15) is 0 Å². The van der Waals surface area contributed by atoms with Gasteiger partial charge in [-0.2, -0.15) is 0 Å². The second-order valence-electron chi connectivity index (χ2n) is 5.82. The van der Waals surface area contributed by atoms with Crippen LogP contribution in [-0.2, 0) is 16.0 Å². The highest BCUT2D eigenvalue weighted by atomic mass is 19.2. The van der Waals surface area contributed by atoms with Crippen LogP contribution in [0, 0.1) is 23.5 Å². The second kappa shape index (κ2) is 6.85. The first-order valence-electron chi connectivity index (χ1n) is 7.33. The van der Waals surface area contributed by atoms with Crippen molar-refractivity contribution in [2.75, 3.05) is 13.1 Å². The zero-order valence-corrected chi connectivity index (χ0v) is 12.4. The molecule has 1 aromatic rings. The third kappa shape index (κ3) is 3.81. The Kier molecular flexibility index (Phi) is 5.11. The van der Waals surface area contributed by atoms with E-state index in [-0.39, 0.29) is 24.8 Å². The van der Waals surface area contributed by atoms with Crippen LogP contribution in [0.25, 0.3) is 0 Å². The lowest BCUT2D eigenvalue weighted by Crippen LogP contribution is -2.29. The Balaban J connectivity index is 1.81. The van der Waals surface area contributed by atoms with Crippen LogP contribution >= 0.6 is 0 Å². The van der Waals surface area contributed by atoms with Crippen molar-refractivity contribution in [3.8, 4) is 0 Å². The molecule has 1 N–H and O–H groups in total. The number of halogens is 2. The van der Waals surface area contributed by atoms with E-state index in [1.54, 1.807) is 4.90 Å². The molecule has 4 nitrogen and oxygen atoms in total. The highest BCUT2D eigenvalue weighted by Crippen LogP contribution is 2.24. The monoisotopic (exact) mass is 311 g/mol. The number of carboxylic acids is 1. The van der Waals surface area contributed by atoms with Gasteiger partial charge in [0, 0.05) is 19.5 Å². The Morgan fingerprint density at radius 2 is 2.00 bits per heavy atom. The minimum absolute atomic E-state index is 0.0485. The number of nitrogens with zero attached hydrogens (tertiary/aromatic N) is 1. The van der Waals surface area contributed by atoms with E-state index < -0.39 is 23.5 Å². The van der Waals surface area contributed by atoms with Crippen molar-refractivity contribution in [3.05, 3.63) is 35.4 Å². The van der Waals surface area contributed by atoms with E-state index in [2.05, 4.69) is 0 Å². The van der Waals surface area contributed by atoms with E-state index in [1.165, 1.54) is 6.07 Å². The molecular formula is C16H19F2NO3. The minimum atomic E-state index is -0.888. The molecule has 1 amide bonds. The van der Waals surface area contributed by atoms with Gasteiger partial charge in [0.05, 0.1) is 5.92 Å². The van der Waals surface area contributed by atoms with Crippen LogP contribution < -0.4 is 0 Å². The van der Waals surface area contributed by atoms with Gasteiger partial charge < -0.3 is 10.0 Å². The van der Waals surface area contributed by atoms with Gasteiger partial charge in [-0.25, -0.2) is 8.78 Å². The van der Waals surface area contributed by atoms with E-state index >= 15 is 0 Å². The lowest BCUT2D eigenvalue weighted by Gasteiger charge is -2.15. The molecule has 0 saturated carbocycles. The van der Waals surface area contributed by atoms with Crippen LogP contribution in [0.4, 0.5) is 8.78 Å². The Bertz CT molecular complexity index is 577. The molecule has 6 heteroatoms. The fraction of sp³-hybridized carbons (Fsp3) is 0.500. The molecule has 0 radical (unpaired) electrons. The van der Waals surface area contributed by atoms with Crippen molar-refractivity contribution in [3.63, 3.8) is 0 Å². The van der Waals surface area contributed by atoms with E-state index in [9.17, 15) is 18.4 Å². The lowest BCUT2D eigenvalue weighted by atomic mass is 9.99. The molecule has 0 aliphatic carbocycles. The van der Waals surface area contributed by atoms with Gasteiger partial charge in [-0.1, -0.05) is 13.0 Å². The normalized spacial score (nSPS) is 21.1. The second-order valence-corrected chi connectivity index (χ2v) is 5.82. The molecule has 1 heterocycles. The van der Waals surface area contributed by atoms with Gasteiger partial charge in [0.2, 0.25) is 5.91 Å². The van der Waals surface area contributed by atoms with Crippen LogP contribution in [0.15, 0.2) is 18.2 Å². The third-order valence-electron chi connectivity index (χ3n) is 4.12. The summed E-state index contributed by atoms with van der Waals surface area (Å²) >= 11 is 0. The number of rotatable bonds is 5. The molecule has 120 valence electrons. The molecule has 1 fully saturated rings. The molecule has 1 aliphatic rings. The zero-order chi connectivity index (χ0) is 16.3. The van der Waals surface area contributed by atoms with Crippen molar-refractivity contribution in [1.29, 1.82) is 0 Å². The number of carbonyl (C=O) groups excluding carboxylic acids is 1. The first kappa shape index (κ1) is 16.4. The molecule has 1 aromatic carbocycles.